The Kier molecular flexibility index (Phi) is 4.92. The summed E-state index contributed by atoms with van der Waals surface area (Å²) in [4.78, 5) is 15.9. The molecule has 116 valence electrons. The molecule has 2 atom stereocenters. The Morgan fingerprint density at radius 3 is 2.67 bits per heavy atom. The van der Waals surface area contributed by atoms with Gasteiger partial charge in [-0.1, -0.05) is 0 Å². The number of carbonyl (C=O) groups is 1. The lowest BCUT2D eigenvalue weighted by molar-refractivity contribution is 0.0926. The van der Waals surface area contributed by atoms with E-state index in [0.29, 0.717) is 18.8 Å². The SMILES string of the molecule is CN(C)S(=O)(=O)C[C@@H]1COC[C@@H]1NC(=O)c1ccncc1. The molecule has 0 aliphatic carbocycles. The van der Waals surface area contributed by atoms with Crippen molar-refractivity contribution in [3.05, 3.63) is 30.1 Å². The molecule has 0 bridgehead atoms. The quantitative estimate of drug-likeness (QED) is 0.807. The van der Waals surface area contributed by atoms with E-state index >= 15 is 0 Å². The monoisotopic (exact) mass is 313 g/mol. The first kappa shape index (κ1) is 15.9. The van der Waals surface area contributed by atoms with Crippen molar-refractivity contribution in [2.45, 2.75) is 6.04 Å². The average Bonchev–Trinajstić information content (AvgIpc) is 2.86. The fourth-order valence-corrected chi connectivity index (χ4v) is 3.26. The van der Waals surface area contributed by atoms with Crippen LogP contribution < -0.4 is 5.32 Å². The number of ether oxygens (including phenoxy) is 1. The van der Waals surface area contributed by atoms with Crippen molar-refractivity contribution >= 4 is 15.9 Å². The molecule has 1 aromatic rings. The zero-order valence-electron chi connectivity index (χ0n) is 12.0. The summed E-state index contributed by atoms with van der Waals surface area (Å²) in [7, 11) is -0.331. The number of sulfonamides is 1. The number of hydrogen-bond acceptors (Lipinski definition) is 5. The zero-order chi connectivity index (χ0) is 15.5. The van der Waals surface area contributed by atoms with E-state index in [0.717, 1.165) is 0 Å². The Morgan fingerprint density at radius 2 is 2.05 bits per heavy atom. The molecule has 1 N–H and O–H groups in total. The van der Waals surface area contributed by atoms with Crippen molar-refractivity contribution in [3.63, 3.8) is 0 Å². The molecule has 7 nitrogen and oxygen atoms in total. The van der Waals surface area contributed by atoms with Gasteiger partial charge < -0.3 is 10.1 Å². The lowest BCUT2D eigenvalue weighted by Gasteiger charge is -2.21. The molecular weight excluding hydrogens is 294 g/mol. The van der Waals surface area contributed by atoms with Crippen molar-refractivity contribution in [1.82, 2.24) is 14.6 Å². The molecule has 0 spiro atoms. The highest BCUT2D eigenvalue weighted by Gasteiger charge is 2.34. The van der Waals surface area contributed by atoms with Gasteiger partial charge in [-0.2, -0.15) is 0 Å². The Balaban J connectivity index is 2.01. The molecular formula is C13H19N3O4S. The second-order valence-electron chi connectivity index (χ2n) is 5.17. The van der Waals surface area contributed by atoms with Gasteiger partial charge in [-0.3, -0.25) is 9.78 Å². The standard InChI is InChI=1S/C13H19N3O4S/c1-16(2)21(18,19)9-11-7-20-8-12(11)15-13(17)10-3-5-14-6-4-10/h3-6,11-12H,7-9H2,1-2H3,(H,15,17)/t11-,12-/m0/s1. The number of aromatic nitrogens is 1. The first-order valence-corrected chi connectivity index (χ1v) is 8.20. The number of carbonyl (C=O) groups excluding carboxylic acids is 1. The van der Waals surface area contributed by atoms with Crippen LogP contribution in [0.15, 0.2) is 24.5 Å². The van der Waals surface area contributed by atoms with E-state index in [4.69, 9.17) is 4.74 Å². The molecule has 21 heavy (non-hydrogen) atoms. The van der Waals surface area contributed by atoms with Crippen LogP contribution in [-0.4, -0.2) is 62.7 Å². The summed E-state index contributed by atoms with van der Waals surface area (Å²) in [6, 6.07) is 2.91. The molecule has 1 saturated heterocycles. The first-order chi connectivity index (χ1) is 9.90. The number of amides is 1. The van der Waals surface area contributed by atoms with Gasteiger partial charge in [0.15, 0.2) is 0 Å². The van der Waals surface area contributed by atoms with Crippen LogP contribution in [0.4, 0.5) is 0 Å². The fourth-order valence-electron chi connectivity index (χ4n) is 2.10. The van der Waals surface area contributed by atoms with Gasteiger partial charge in [0.25, 0.3) is 5.91 Å². The van der Waals surface area contributed by atoms with Gasteiger partial charge >= 0.3 is 0 Å². The van der Waals surface area contributed by atoms with Crippen LogP contribution in [0, 0.1) is 5.92 Å². The van der Waals surface area contributed by atoms with E-state index in [-0.39, 0.29) is 23.6 Å². The molecule has 1 aromatic heterocycles. The number of hydrogen-bond donors (Lipinski definition) is 1. The summed E-state index contributed by atoms with van der Waals surface area (Å²) in [6.07, 6.45) is 3.07. The van der Waals surface area contributed by atoms with Crippen LogP contribution >= 0.6 is 0 Å². The Morgan fingerprint density at radius 1 is 1.38 bits per heavy atom. The lowest BCUT2D eigenvalue weighted by Crippen LogP contribution is -2.43. The highest BCUT2D eigenvalue weighted by atomic mass is 32.2. The number of nitrogens with one attached hydrogen (secondary N) is 1. The molecule has 1 amide bonds. The summed E-state index contributed by atoms with van der Waals surface area (Å²) in [5.41, 5.74) is 0.492. The highest BCUT2D eigenvalue weighted by Crippen LogP contribution is 2.17. The van der Waals surface area contributed by atoms with Crippen molar-refractivity contribution < 1.29 is 17.9 Å². The smallest absolute Gasteiger partial charge is 0.251 e. The highest BCUT2D eigenvalue weighted by molar-refractivity contribution is 7.89. The molecule has 1 aliphatic rings. The summed E-state index contributed by atoms with van der Waals surface area (Å²) < 4.78 is 30.4. The van der Waals surface area contributed by atoms with Crippen LogP contribution in [0.1, 0.15) is 10.4 Å². The normalized spacial score (nSPS) is 22.4. The van der Waals surface area contributed by atoms with Crippen molar-refractivity contribution in [1.29, 1.82) is 0 Å². The molecule has 8 heteroatoms. The number of rotatable bonds is 5. The number of pyridine rings is 1. The van der Waals surface area contributed by atoms with Crippen molar-refractivity contribution in [2.75, 3.05) is 33.1 Å². The molecule has 1 aliphatic heterocycles. The maximum Gasteiger partial charge on any atom is 0.251 e. The van der Waals surface area contributed by atoms with Crippen LogP contribution in [-0.2, 0) is 14.8 Å². The zero-order valence-corrected chi connectivity index (χ0v) is 12.8. The first-order valence-electron chi connectivity index (χ1n) is 6.59. The van der Waals surface area contributed by atoms with Crippen molar-refractivity contribution in [3.8, 4) is 0 Å². The summed E-state index contributed by atoms with van der Waals surface area (Å²) in [5, 5.41) is 2.83. The topological polar surface area (TPSA) is 88.6 Å². The van der Waals surface area contributed by atoms with Crippen LogP contribution in [0.3, 0.4) is 0 Å². The second-order valence-corrected chi connectivity index (χ2v) is 7.40. The predicted molar refractivity (Wildman–Crippen MR) is 77.3 cm³/mol. The molecule has 0 saturated carbocycles. The fraction of sp³-hybridized carbons (Fsp3) is 0.538. The van der Waals surface area contributed by atoms with E-state index in [2.05, 4.69) is 10.3 Å². The van der Waals surface area contributed by atoms with Gasteiger partial charge in [0, 0.05) is 38.0 Å². The van der Waals surface area contributed by atoms with Gasteiger partial charge in [-0.25, -0.2) is 12.7 Å². The van der Waals surface area contributed by atoms with Gasteiger partial charge in [-0.15, -0.1) is 0 Å². The lowest BCUT2D eigenvalue weighted by atomic mass is 10.1. The predicted octanol–water partition coefficient (Wildman–Crippen LogP) is -0.282. The minimum absolute atomic E-state index is 0.0404. The minimum Gasteiger partial charge on any atom is -0.379 e. The third kappa shape index (κ3) is 3.99. The van der Waals surface area contributed by atoms with Gasteiger partial charge in [0.1, 0.15) is 0 Å². The van der Waals surface area contributed by atoms with Gasteiger partial charge in [-0.05, 0) is 12.1 Å². The van der Waals surface area contributed by atoms with Gasteiger partial charge in [0.05, 0.1) is 25.0 Å². The minimum atomic E-state index is -3.32. The Hall–Kier alpha value is -1.51. The summed E-state index contributed by atoms with van der Waals surface area (Å²) in [5.74, 6) is -0.537. The van der Waals surface area contributed by atoms with Crippen LogP contribution in [0.2, 0.25) is 0 Å². The van der Waals surface area contributed by atoms with E-state index in [1.165, 1.54) is 30.8 Å². The summed E-state index contributed by atoms with van der Waals surface area (Å²) in [6.45, 7) is 0.652. The Bertz CT molecular complexity index is 589. The van der Waals surface area contributed by atoms with Crippen LogP contribution in [0.5, 0.6) is 0 Å². The van der Waals surface area contributed by atoms with Crippen molar-refractivity contribution in [2.24, 2.45) is 5.92 Å². The average molecular weight is 313 g/mol. The number of nitrogens with zero attached hydrogens (tertiary/aromatic N) is 2. The maximum absolute atomic E-state index is 12.1. The second kappa shape index (κ2) is 6.50. The molecule has 1 fully saturated rings. The van der Waals surface area contributed by atoms with E-state index in [9.17, 15) is 13.2 Å². The molecule has 2 heterocycles. The molecule has 0 unspecified atom stereocenters. The van der Waals surface area contributed by atoms with E-state index in [1.807, 2.05) is 0 Å². The molecule has 0 aromatic carbocycles. The van der Waals surface area contributed by atoms with Crippen LogP contribution in [0.25, 0.3) is 0 Å². The Labute approximate surface area is 124 Å². The molecule has 2 rings (SSSR count). The molecule has 0 radical (unpaired) electrons. The summed E-state index contributed by atoms with van der Waals surface area (Å²) >= 11 is 0. The van der Waals surface area contributed by atoms with Gasteiger partial charge in [0.2, 0.25) is 10.0 Å². The third-order valence-corrected chi connectivity index (χ3v) is 5.40. The van der Waals surface area contributed by atoms with E-state index < -0.39 is 10.0 Å². The maximum atomic E-state index is 12.1. The third-order valence-electron chi connectivity index (χ3n) is 3.44. The van der Waals surface area contributed by atoms with E-state index in [1.54, 1.807) is 12.1 Å². The largest absolute Gasteiger partial charge is 0.379 e.